The van der Waals surface area contributed by atoms with Gasteiger partial charge in [-0.1, -0.05) is 60.7 Å². The molecular weight excluding hydrogens is 328 g/mol. The Bertz CT molecular complexity index is 843. The van der Waals surface area contributed by atoms with E-state index in [-0.39, 0.29) is 11.9 Å². The van der Waals surface area contributed by atoms with Crippen LogP contribution in [0.5, 0.6) is 0 Å². The van der Waals surface area contributed by atoms with Crippen LogP contribution in [0.25, 0.3) is 10.4 Å². The minimum absolute atomic E-state index is 0.0841. The zero-order valence-corrected chi connectivity index (χ0v) is 15.3. The molecule has 2 aromatic carbocycles. The lowest BCUT2D eigenvalue weighted by molar-refractivity contribution is 0.0754. The van der Waals surface area contributed by atoms with Crippen LogP contribution < -0.4 is 0 Å². The number of aryl methyl sites for hydroxylation is 1. The second kappa shape index (κ2) is 7.62. The molecular formula is C21H21N2OS. The molecule has 0 aliphatic heterocycles. The Labute approximate surface area is 153 Å². The van der Waals surface area contributed by atoms with Gasteiger partial charge in [0.2, 0.25) is 0 Å². The first-order valence-electron chi connectivity index (χ1n) is 8.23. The summed E-state index contributed by atoms with van der Waals surface area (Å²) >= 11 is 1.55. The highest BCUT2D eigenvalue weighted by Crippen LogP contribution is 2.31. The summed E-state index contributed by atoms with van der Waals surface area (Å²) in [6.45, 7) is 6.10. The van der Waals surface area contributed by atoms with Gasteiger partial charge in [-0.05, 0) is 31.4 Å². The van der Waals surface area contributed by atoms with E-state index in [4.69, 9.17) is 0 Å². The van der Waals surface area contributed by atoms with Crippen LogP contribution >= 0.6 is 11.3 Å². The molecule has 0 aliphatic rings. The second-order valence-electron chi connectivity index (χ2n) is 6.04. The number of carbonyl (C=O) groups excluding carboxylic acids is 1. The monoisotopic (exact) mass is 349 g/mol. The SMILES string of the molecule is [CH2][C@@H](Cc1ccccc1)N(C)C(=O)c1nc(C)sc1-c1ccccc1. The number of thiazole rings is 1. The third-order valence-electron chi connectivity index (χ3n) is 4.15. The smallest absolute Gasteiger partial charge is 0.273 e. The summed E-state index contributed by atoms with van der Waals surface area (Å²) in [4.78, 5) is 20.1. The van der Waals surface area contributed by atoms with Gasteiger partial charge >= 0.3 is 0 Å². The quantitative estimate of drug-likeness (QED) is 0.672. The number of hydrogen-bond acceptors (Lipinski definition) is 3. The van der Waals surface area contributed by atoms with E-state index in [1.807, 2.05) is 55.5 Å². The van der Waals surface area contributed by atoms with Crippen LogP contribution in [0.1, 0.15) is 21.1 Å². The van der Waals surface area contributed by atoms with Gasteiger partial charge in [0.25, 0.3) is 5.91 Å². The Morgan fingerprint density at radius 2 is 1.72 bits per heavy atom. The molecule has 0 aliphatic carbocycles. The normalized spacial score (nSPS) is 12.0. The number of nitrogens with zero attached hydrogens (tertiary/aromatic N) is 2. The molecule has 0 N–H and O–H groups in total. The van der Waals surface area contributed by atoms with Crippen LogP contribution in [-0.4, -0.2) is 28.9 Å². The van der Waals surface area contributed by atoms with Crippen molar-refractivity contribution in [2.75, 3.05) is 7.05 Å². The van der Waals surface area contributed by atoms with E-state index >= 15 is 0 Å². The summed E-state index contributed by atoms with van der Waals surface area (Å²) in [7, 11) is 1.80. The maximum Gasteiger partial charge on any atom is 0.273 e. The van der Waals surface area contributed by atoms with Crippen molar-refractivity contribution in [3.05, 3.63) is 83.9 Å². The van der Waals surface area contributed by atoms with E-state index in [1.54, 1.807) is 23.3 Å². The van der Waals surface area contributed by atoms with Crippen LogP contribution in [0.4, 0.5) is 0 Å². The minimum atomic E-state index is -0.152. The highest BCUT2D eigenvalue weighted by Gasteiger charge is 2.24. The molecule has 0 bridgehead atoms. The van der Waals surface area contributed by atoms with Crippen molar-refractivity contribution in [1.82, 2.24) is 9.88 Å². The van der Waals surface area contributed by atoms with Crippen molar-refractivity contribution in [3.8, 4) is 10.4 Å². The summed E-state index contributed by atoms with van der Waals surface area (Å²) in [6, 6.07) is 19.9. The summed E-state index contributed by atoms with van der Waals surface area (Å²) < 4.78 is 0. The minimum Gasteiger partial charge on any atom is -0.337 e. The van der Waals surface area contributed by atoms with E-state index in [9.17, 15) is 4.79 Å². The van der Waals surface area contributed by atoms with Crippen LogP contribution in [-0.2, 0) is 6.42 Å². The fraction of sp³-hybridized carbons (Fsp3) is 0.190. The standard InChI is InChI=1S/C21H21N2OS/c1-15(14-17-10-6-4-7-11-17)23(3)21(24)19-20(25-16(2)22-19)18-12-8-5-9-13-18/h4-13,15H,1,14H2,2-3H3/t15-/m0/s1. The molecule has 0 spiro atoms. The molecule has 127 valence electrons. The maximum atomic E-state index is 13.0. The molecule has 4 heteroatoms. The van der Waals surface area contributed by atoms with Crippen molar-refractivity contribution >= 4 is 17.2 Å². The number of hydrogen-bond donors (Lipinski definition) is 0. The van der Waals surface area contributed by atoms with Gasteiger partial charge < -0.3 is 4.90 Å². The molecule has 25 heavy (non-hydrogen) atoms. The Balaban J connectivity index is 1.83. The summed E-state index contributed by atoms with van der Waals surface area (Å²) in [5.41, 5.74) is 2.70. The Morgan fingerprint density at radius 3 is 2.36 bits per heavy atom. The summed E-state index contributed by atoms with van der Waals surface area (Å²) in [5, 5.41) is 0.888. The lowest BCUT2D eigenvalue weighted by atomic mass is 10.1. The predicted molar refractivity (Wildman–Crippen MR) is 104 cm³/mol. The van der Waals surface area contributed by atoms with Gasteiger partial charge in [0.05, 0.1) is 9.88 Å². The molecule has 1 heterocycles. The number of amides is 1. The van der Waals surface area contributed by atoms with Gasteiger partial charge in [0.1, 0.15) is 5.69 Å². The van der Waals surface area contributed by atoms with Crippen molar-refractivity contribution in [1.29, 1.82) is 0 Å². The van der Waals surface area contributed by atoms with Crippen molar-refractivity contribution in [3.63, 3.8) is 0 Å². The third kappa shape index (κ3) is 3.97. The zero-order valence-electron chi connectivity index (χ0n) is 14.5. The number of aromatic nitrogens is 1. The molecule has 0 saturated carbocycles. The largest absolute Gasteiger partial charge is 0.337 e. The lowest BCUT2D eigenvalue weighted by Crippen LogP contribution is -2.37. The first-order chi connectivity index (χ1) is 12.1. The van der Waals surface area contributed by atoms with E-state index < -0.39 is 0 Å². The fourth-order valence-corrected chi connectivity index (χ4v) is 3.63. The van der Waals surface area contributed by atoms with E-state index in [0.717, 1.165) is 15.4 Å². The predicted octanol–water partition coefficient (Wildman–Crippen LogP) is 4.64. The highest BCUT2D eigenvalue weighted by molar-refractivity contribution is 7.15. The van der Waals surface area contributed by atoms with Gasteiger partial charge in [-0.3, -0.25) is 4.79 Å². The van der Waals surface area contributed by atoms with Crippen molar-refractivity contribution in [2.45, 2.75) is 19.4 Å². The fourth-order valence-electron chi connectivity index (χ4n) is 2.71. The van der Waals surface area contributed by atoms with Gasteiger partial charge in [0, 0.05) is 13.1 Å². The molecule has 1 aromatic heterocycles. The molecule has 0 saturated heterocycles. The second-order valence-corrected chi connectivity index (χ2v) is 7.24. The first-order valence-corrected chi connectivity index (χ1v) is 9.05. The Kier molecular flexibility index (Phi) is 5.29. The van der Waals surface area contributed by atoms with Crippen LogP contribution in [0.15, 0.2) is 60.7 Å². The average Bonchev–Trinajstić information content (AvgIpc) is 3.04. The van der Waals surface area contributed by atoms with E-state index in [2.05, 4.69) is 24.0 Å². The number of carbonyl (C=O) groups is 1. The van der Waals surface area contributed by atoms with Crippen molar-refractivity contribution in [2.24, 2.45) is 0 Å². The van der Waals surface area contributed by atoms with E-state index in [0.29, 0.717) is 12.1 Å². The molecule has 0 fully saturated rings. The first kappa shape index (κ1) is 17.4. The van der Waals surface area contributed by atoms with Crippen LogP contribution in [0.2, 0.25) is 0 Å². The van der Waals surface area contributed by atoms with Crippen molar-refractivity contribution < 1.29 is 4.79 Å². The zero-order chi connectivity index (χ0) is 17.8. The molecule has 0 unspecified atom stereocenters. The molecule has 3 aromatic rings. The molecule has 3 rings (SSSR count). The third-order valence-corrected chi connectivity index (χ3v) is 5.17. The number of rotatable bonds is 5. The number of benzene rings is 2. The van der Waals surface area contributed by atoms with E-state index in [1.165, 1.54) is 5.56 Å². The van der Waals surface area contributed by atoms with Gasteiger partial charge in [-0.25, -0.2) is 4.98 Å². The molecule has 1 amide bonds. The Hall–Kier alpha value is -2.46. The highest BCUT2D eigenvalue weighted by atomic mass is 32.1. The molecule has 1 radical (unpaired) electrons. The van der Waals surface area contributed by atoms with Gasteiger partial charge in [-0.2, -0.15) is 0 Å². The van der Waals surface area contributed by atoms with Crippen LogP contribution in [0, 0.1) is 13.8 Å². The van der Waals surface area contributed by atoms with Gasteiger partial charge in [-0.15, -0.1) is 11.3 Å². The summed E-state index contributed by atoms with van der Waals surface area (Å²) in [6.07, 6.45) is 0.715. The Morgan fingerprint density at radius 1 is 1.12 bits per heavy atom. The average molecular weight is 349 g/mol. The maximum absolute atomic E-state index is 13.0. The number of likely N-dealkylation sites (N-methyl/N-ethyl adjacent to an activating group) is 1. The molecule has 3 nitrogen and oxygen atoms in total. The lowest BCUT2D eigenvalue weighted by Gasteiger charge is -2.24. The molecule has 1 atom stereocenters. The van der Waals surface area contributed by atoms with Crippen LogP contribution in [0.3, 0.4) is 0 Å². The topological polar surface area (TPSA) is 33.2 Å². The van der Waals surface area contributed by atoms with Gasteiger partial charge in [0.15, 0.2) is 0 Å². The summed E-state index contributed by atoms with van der Waals surface area (Å²) in [5.74, 6) is -0.0841.